The predicted molar refractivity (Wildman–Crippen MR) is 79.5 cm³/mol. The number of amides is 1. The molecule has 4 heteroatoms. The smallest absolute Gasteiger partial charge is 0.251 e. The first kappa shape index (κ1) is 15.2. The summed E-state index contributed by atoms with van der Waals surface area (Å²) >= 11 is 0. The Morgan fingerprint density at radius 1 is 1.14 bits per heavy atom. The van der Waals surface area contributed by atoms with E-state index in [4.69, 9.17) is 5.11 Å². The van der Waals surface area contributed by atoms with Crippen LogP contribution < -0.4 is 5.32 Å². The van der Waals surface area contributed by atoms with E-state index < -0.39 is 5.82 Å². The maximum absolute atomic E-state index is 13.2. The highest BCUT2D eigenvalue weighted by atomic mass is 19.1. The number of aryl methyl sites for hydroxylation is 1. The monoisotopic (exact) mass is 287 g/mol. The molecule has 0 radical (unpaired) electrons. The predicted octanol–water partition coefficient (Wildman–Crippen LogP) is 2.60. The molecule has 0 atom stereocenters. The SMILES string of the molecule is Cc1ccc(F)cc1C(=O)NCCc1ccc(CO)cc1. The zero-order valence-corrected chi connectivity index (χ0v) is 11.9. The Hall–Kier alpha value is -2.20. The van der Waals surface area contributed by atoms with Crippen molar-refractivity contribution in [1.82, 2.24) is 5.32 Å². The fourth-order valence-electron chi connectivity index (χ4n) is 2.07. The van der Waals surface area contributed by atoms with Crippen molar-refractivity contribution < 1.29 is 14.3 Å². The molecule has 0 unspecified atom stereocenters. The highest BCUT2D eigenvalue weighted by molar-refractivity contribution is 5.95. The van der Waals surface area contributed by atoms with Crippen LogP contribution in [0.5, 0.6) is 0 Å². The molecule has 110 valence electrons. The third-order valence-electron chi connectivity index (χ3n) is 3.35. The molecule has 0 aromatic heterocycles. The van der Waals surface area contributed by atoms with E-state index in [-0.39, 0.29) is 12.5 Å². The first-order valence-electron chi connectivity index (χ1n) is 6.83. The summed E-state index contributed by atoms with van der Waals surface area (Å²) in [7, 11) is 0. The van der Waals surface area contributed by atoms with Gasteiger partial charge >= 0.3 is 0 Å². The van der Waals surface area contributed by atoms with Gasteiger partial charge in [-0.2, -0.15) is 0 Å². The van der Waals surface area contributed by atoms with Crippen LogP contribution in [0.4, 0.5) is 4.39 Å². The summed E-state index contributed by atoms with van der Waals surface area (Å²) < 4.78 is 13.2. The molecule has 0 aliphatic heterocycles. The van der Waals surface area contributed by atoms with Crippen molar-refractivity contribution in [2.24, 2.45) is 0 Å². The Morgan fingerprint density at radius 3 is 2.48 bits per heavy atom. The molecule has 0 bridgehead atoms. The number of halogens is 1. The lowest BCUT2D eigenvalue weighted by molar-refractivity contribution is 0.0953. The van der Waals surface area contributed by atoms with Gasteiger partial charge in [-0.15, -0.1) is 0 Å². The lowest BCUT2D eigenvalue weighted by atomic mass is 10.1. The van der Waals surface area contributed by atoms with E-state index >= 15 is 0 Å². The van der Waals surface area contributed by atoms with Gasteiger partial charge in [0.25, 0.3) is 5.91 Å². The third kappa shape index (κ3) is 4.13. The molecule has 0 aliphatic carbocycles. The van der Waals surface area contributed by atoms with Crippen LogP contribution >= 0.6 is 0 Å². The quantitative estimate of drug-likeness (QED) is 0.888. The Labute approximate surface area is 123 Å². The lowest BCUT2D eigenvalue weighted by Crippen LogP contribution is -2.26. The maximum atomic E-state index is 13.2. The van der Waals surface area contributed by atoms with E-state index in [9.17, 15) is 9.18 Å². The molecule has 1 amide bonds. The topological polar surface area (TPSA) is 49.3 Å². The second-order valence-corrected chi connectivity index (χ2v) is 4.94. The molecule has 0 aliphatic rings. The molecule has 2 rings (SSSR count). The summed E-state index contributed by atoms with van der Waals surface area (Å²) in [6, 6.07) is 11.7. The summed E-state index contributed by atoms with van der Waals surface area (Å²) in [5.74, 6) is -0.677. The second-order valence-electron chi connectivity index (χ2n) is 4.94. The van der Waals surface area contributed by atoms with Crippen molar-refractivity contribution in [3.63, 3.8) is 0 Å². The van der Waals surface area contributed by atoms with Crippen LogP contribution in [-0.2, 0) is 13.0 Å². The maximum Gasteiger partial charge on any atom is 0.251 e. The molecular weight excluding hydrogens is 269 g/mol. The normalized spacial score (nSPS) is 10.4. The lowest BCUT2D eigenvalue weighted by Gasteiger charge is -2.08. The Balaban J connectivity index is 1.90. The van der Waals surface area contributed by atoms with Crippen LogP contribution in [-0.4, -0.2) is 17.6 Å². The van der Waals surface area contributed by atoms with Crippen molar-refractivity contribution in [2.75, 3.05) is 6.54 Å². The highest BCUT2D eigenvalue weighted by Gasteiger charge is 2.09. The molecule has 2 aromatic carbocycles. The zero-order chi connectivity index (χ0) is 15.2. The minimum Gasteiger partial charge on any atom is -0.392 e. The number of rotatable bonds is 5. The van der Waals surface area contributed by atoms with E-state index in [0.717, 1.165) is 16.7 Å². The van der Waals surface area contributed by atoms with Gasteiger partial charge in [0.2, 0.25) is 0 Å². The standard InChI is InChI=1S/C17H18FNO2/c1-12-2-7-15(18)10-16(12)17(21)19-9-8-13-3-5-14(11-20)6-4-13/h2-7,10,20H,8-9,11H2,1H3,(H,19,21). The molecular formula is C17H18FNO2. The van der Waals surface area contributed by atoms with E-state index in [2.05, 4.69) is 5.32 Å². The van der Waals surface area contributed by atoms with E-state index in [1.807, 2.05) is 24.3 Å². The molecule has 0 heterocycles. The first-order valence-corrected chi connectivity index (χ1v) is 6.83. The van der Waals surface area contributed by atoms with Crippen molar-refractivity contribution in [3.8, 4) is 0 Å². The van der Waals surface area contributed by atoms with Crippen LogP contribution in [0.3, 0.4) is 0 Å². The molecule has 3 nitrogen and oxygen atoms in total. The molecule has 2 N–H and O–H groups in total. The number of carbonyl (C=O) groups is 1. The van der Waals surface area contributed by atoms with Crippen molar-refractivity contribution in [2.45, 2.75) is 20.0 Å². The Bertz CT molecular complexity index is 623. The fourth-order valence-corrected chi connectivity index (χ4v) is 2.07. The van der Waals surface area contributed by atoms with Gasteiger partial charge in [-0.1, -0.05) is 30.3 Å². The van der Waals surface area contributed by atoms with Gasteiger partial charge < -0.3 is 10.4 Å². The molecule has 0 saturated carbocycles. The molecule has 21 heavy (non-hydrogen) atoms. The number of aliphatic hydroxyl groups excluding tert-OH is 1. The molecule has 0 saturated heterocycles. The Morgan fingerprint density at radius 2 is 1.81 bits per heavy atom. The van der Waals surface area contributed by atoms with Gasteiger partial charge in [0.15, 0.2) is 0 Å². The number of aliphatic hydroxyl groups is 1. The summed E-state index contributed by atoms with van der Waals surface area (Å²) in [5, 5.41) is 11.8. The van der Waals surface area contributed by atoms with Gasteiger partial charge in [0.05, 0.1) is 6.61 Å². The number of carbonyl (C=O) groups excluding carboxylic acids is 1. The average Bonchev–Trinajstić information content (AvgIpc) is 2.50. The summed E-state index contributed by atoms with van der Waals surface area (Å²) in [6.45, 7) is 2.28. The minimum absolute atomic E-state index is 0.0237. The van der Waals surface area contributed by atoms with Gasteiger partial charge in [-0.25, -0.2) is 4.39 Å². The van der Waals surface area contributed by atoms with E-state index in [1.54, 1.807) is 13.0 Å². The second kappa shape index (κ2) is 6.99. The highest BCUT2D eigenvalue weighted by Crippen LogP contribution is 2.10. The van der Waals surface area contributed by atoms with Crippen LogP contribution in [0.2, 0.25) is 0 Å². The van der Waals surface area contributed by atoms with Crippen molar-refractivity contribution in [3.05, 3.63) is 70.5 Å². The van der Waals surface area contributed by atoms with E-state index in [0.29, 0.717) is 18.5 Å². The molecule has 0 spiro atoms. The van der Waals surface area contributed by atoms with Crippen molar-refractivity contribution in [1.29, 1.82) is 0 Å². The average molecular weight is 287 g/mol. The summed E-state index contributed by atoms with van der Waals surface area (Å²) in [4.78, 5) is 12.0. The number of hydrogen-bond acceptors (Lipinski definition) is 2. The van der Waals surface area contributed by atoms with Gasteiger partial charge in [-0.3, -0.25) is 4.79 Å². The Kier molecular flexibility index (Phi) is 5.06. The van der Waals surface area contributed by atoms with Crippen molar-refractivity contribution >= 4 is 5.91 Å². The molecule has 0 fully saturated rings. The van der Waals surface area contributed by atoms with Crippen LogP contribution in [0.15, 0.2) is 42.5 Å². The summed E-state index contributed by atoms with van der Waals surface area (Å²) in [5.41, 5.74) is 3.05. The zero-order valence-electron chi connectivity index (χ0n) is 11.9. The van der Waals surface area contributed by atoms with Crippen LogP contribution in [0.25, 0.3) is 0 Å². The van der Waals surface area contributed by atoms with Gasteiger partial charge in [0.1, 0.15) is 5.82 Å². The van der Waals surface area contributed by atoms with Gasteiger partial charge in [0, 0.05) is 12.1 Å². The number of hydrogen-bond donors (Lipinski definition) is 2. The van der Waals surface area contributed by atoms with Crippen LogP contribution in [0.1, 0.15) is 27.0 Å². The largest absolute Gasteiger partial charge is 0.392 e. The first-order chi connectivity index (χ1) is 10.1. The molecule has 2 aromatic rings. The third-order valence-corrected chi connectivity index (χ3v) is 3.35. The minimum atomic E-state index is -0.412. The fraction of sp³-hybridized carbons (Fsp3) is 0.235. The van der Waals surface area contributed by atoms with Gasteiger partial charge in [-0.05, 0) is 42.2 Å². The number of nitrogens with one attached hydrogen (secondary N) is 1. The van der Waals surface area contributed by atoms with E-state index in [1.165, 1.54) is 12.1 Å². The van der Waals surface area contributed by atoms with Crippen LogP contribution in [0, 0.1) is 12.7 Å². The number of benzene rings is 2. The summed E-state index contributed by atoms with van der Waals surface area (Å²) in [6.07, 6.45) is 0.686.